The van der Waals surface area contributed by atoms with E-state index in [4.69, 9.17) is 0 Å². The van der Waals surface area contributed by atoms with E-state index in [1.807, 2.05) is 26.5 Å². The molecule has 0 spiro atoms. The Kier molecular flexibility index (Phi) is 5.16. The third kappa shape index (κ3) is 4.18. The first-order chi connectivity index (χ1) is 9.19. The van der Waals surface area contributed by atoms with Gasteiger partial charge >= 0.3 is 0 Å². The maximum absolute atomic E-state index is 4.37. The zero-order chi connectivity index (χ0) is 13.7. The zero-order valence-corrected chi connectivity index (χ0v) is 13.0. The van der Waals surface area contributed by atoms with E-state index in [1.54, 1.807) is 0 Å². The number of benzene rings is 1. The Labute approximate surface area is 123 Å². The van der Waals surface area contributed by atoms with Gasteiger partial charge in [0.2, 0.25) is 0 Å². The number of halogens is 1. The molecule has 1 N–H and O–H groups in total. The molecule has 0 aliphatic carbocycles. The summed E-state index contributed by atoms with van der Waals surface area (Å²) in [6.07, 6.45) is 7.01. The molecule has 0 radical (unpaired) electrons. The molecule has 0 saturated carbocycles. The van der Waals surface area contributed by atoms with Crippen molar-refractivity contribution in [2.24, 2.45) is 7.05 Å². The van der Waals surface area contributed by atoms with Crippen LogP contribution < -0.4 is 5.32 Å². The van der Waals surface area contributed by atoms with Gasteiger partial charge in [0.05, 0.1) is 0 Å². The van der Waals surface area contributed by atoms with Crippen molar-refractivity contribution in [3.05, 3.63) is 52.5 Å². The second-order valence-corrected chi connectivity index (χ2v) is 5.72. The summed E-state index contributed by atoms with van der Waals surface area (Å²) < 4.78 is 3.22. The minimum absolute atomic E-state index is 0.484. The van der Waals surface area contributed by atoms with Crippen molar-refractivity contribution in [3.8, 4) is 0 Å². The highest BCUT2D eigenvalue weighted by atomic mass is 79.9. The van der Waals surface area contributed by atoms with Crippen LogP contribution in [0.1, 0.15) is 17.8 Å². The number of likely N-dealkylation sites (N-methyl/N-ethyl adjacent to an activating group) is 1. The van der Waals surface area contributed by atoms with Crippen LogP contribution in [0.4, 0.5) is 0 Å². The quantitative estimate of drug-likeness (QED) is 0.886. The van der Waals surface area contributed by atoms with Gasteiger partial charge in [0, 0.05) is 36.4 Å². The Morgan fingerprint density at radius 3 is 2.63 bits per heavy atom. The average molecular weight is 322 g/mol. The summed E-state index contributed by atoms with van der Waals surface area (Å²) >= 11 is 3.47. The number of hydrogen-bond donors (Lipinski definition) is 1. The number of imidazole rings is 1. The van der Waals surface area contributed by atoms with Crippen LogP contribution in [0.2, 0.25) is 0 Å². The first kappa shape index (κ1) is 14.3. The van der Waals surface area contributed by atoms with Crippen molar-refractivity contribution < 1.29 is 0 Å². The Bertz CT molecular complexity index is 504. The molecule has 102 valence electrons. The highest BCUT2D eigenvalue weighted by molar-refractivity contribution is 9.10. The summed E-state index contributed by atoms with van der Waals surface area (Å²) in [5, 5.41) is 3.40. The lowest BCUT2D eigenvalue weighted by atomic mass is 10.0. The van der Waals surface area contributed by atoms with Gasteiger partial charge < -0.3 is 9.88 Å². The second-order valence-electron chi connectivity index (χ2n) is 4.81. The molecule has 2 aromatic rings. The van der Waals surface area contributed by atoms with E-state index < -0.39 is 0 Å². The Morgan fingerprint density at radius 2 is 2.05 bits per heavy atom. The van der Waals surface area contributed by atoms with Gasteiger partial charge in [0.15, 0.2) is 0 Å². The summed E-state index contributed by atoms with van der Waals surface area (Å²) in [7, 11) is 4.08. The van der Waals surface area contributed by atoms with Gasteiger partial charge in [-0.25, -0.2) is 4.98 Å². The minimum Gasteiger partial charge on any atom is -0.338 e. The standard InChI is InChI=1S/C15H20BrN3/c1-17-14(7-8-15-18-9-10-19(15)2)11-12-3-5-13(16)6-4-12/h3-6,9-10,14,17H,7-8,11H2,1-2H3. The van der Waals surface area contributed by atoms with E-state index in [2.05, 4.69) is 55.1 Å². The van der Waals surface area contributed by atoms with Crippen LogP contribution in [-0.4, -0.2) is 22.6 Å². The van der Waals surface area contributed by atoms with Gasteiger partial charge in [0.1, 0.15) is 5.82 Å². The van der Waals surface area contributed by atoms with Crippen LogP contribution >= 0.6 is 15.9 Å². The second kappa shape index (κ2) is 6.87. The van der Waals surface area contributed by atoms with E-state index in [1.165, 1.54) is 5.56 Å². The molecule has 0 amide bonds. The van der Waals surface area contributed by atoms with E-state index in [0.717, 1.165) is 29.6 Å². The first-order valence-corrected chi connectivity index (χ1v) is 7.36. The molecule has 0 saturated heterocycles. The summed E-state index contributed by atoms with van der Waals surface area (Å²) in [5.74, 6) is 1.15. The molecule has 0 bridgehead atoms. The Balaban J connectivity index is 1.90. The lowest BCUT2D eigenvalue weighted by Crippen LogP contribution is -2.28. The minimum atomic E-state index is 0.484. The molecular formula is C15H20BrN3. The monoisotopic (exact) mass is 321 g/mol. The number of nitrogens with zero attached hydrogens (tertiary/aromatic N) is 2. The molecule has 4 heteroatoms. The van der Waals surface area contributed by atoms with Crippen LogP contribution in [0.3, 0.4) is 0 Å². The van der Waals surface area contributed by atoms with E-state index in [0.29, 0.717) is 6.04 Å². The molecule has 1 heterocycles. The number of aromatic nitrogens is 2. The van der Waals surface area contributed by atoms with Crippen molar-refractivity contribution in [2.75, 3.05) is 7.05 Å². The van der Waals surface area contributed by atoms with Gasteiger partial charge in [-0.05, 0) is 37.6 Å². The molecule has 3 nitrogen and oxygen atoms in total. The zero-order valence-electron chi connectivity index (χ0n) is 11.4. The number of hydrogen-bond acceptors (Lipinski definition) is 2. The van der Waals surface area contributed by atoms with Gasteiger partial charge in [-0.2, -0.15) is 0 Å². The molecule has 1 atom stereocenters. The molecule has 2 rings (SSSR count). The molecule has 0 aliphatic heterocycles. The van der Waals surface area contributed by atoms with Crippen molar-refractivity contribution in [3.63, 3.8) is 0 Å². The Hall–Kier alpha value is -1.13. The Morgan fingerprint density at radius 1 is 1.32 bits per heavy atom. The van der Waals surface area contributed by atoms with Crippen molar-refractivity contribution in [1.29, 1.82) is 0 Å². The SMILES string of the molecule is CNC(CCc1nccn1C)Cc1ccc(Br)cc1. The lowest BCUT2D eigenvalue weighted by molar-refractivity contribution is 0.510. The highest BCUT2D eigenvalue weighted by Gasteiger charge is 2.09. The largest absolute Gasteiger partial charge is 0.338 e. The third-order valence-electron chi connectivity index (χ3n) is 3.44. The topological polar surface area (TPSA) is 29.9 Å². The average Bonchev–Trinajstić information content (AvgIpc) is 2.82. The van der Waals surface area contributed by atoms with E-state index >= 15 is 0 Å². The van der Waals surface area contributed by atoms with Crippen LogP contribution in [0.25, 0.3) is 0 Å². The smallest absolute Gasteiger partial charge is 0.108 e. The van der Waals surface area contributed by atoms with Crippen LogP contribution in [0, 0.1) is 0 Å². The van der Waals surface area contributed by atoms with Crippen LogP contribution in [0.15, 0.2) is 41.1 Å². The van der Waals surface area contributed by atoms with Crippen molar-refractivity contribution in [2.45, 2.75) is 25.3 Å². The predicted octanol–water partition coefficient (Wildman–Crippen LogP) is 2.95. The fraction of sp³-hybridized carbons (Fsp3) is 0.400. The molecule has 1 aromatic carbocycles. The molecule has 1 aromatic heterocycles. The van der Waals surface area contributed by atoms with Crippen molar-refractivity contribution >= 4 is 15.9 Å². The maximum Gasteiger partial charge on any atom is 0.108 e. The fourth-order valence-corrected chi connectivity index (χ4v) is 2.46. The lowest BCUT2D eigenvalue weighted by Gasteiger charge is -2.16. The normalized spacial score (nSPS) is 12.6. The maximum atomic E-state index is 4.37. The third-order valence-corrected chi connectivity index (χ3v) is 3.97. The molecular weight excluding hydrogens is 302 g/mol. The summed E-state index contributed by atoms with van der Waals surface area (Å²) in [6.45, 7) is 0. The van der Waals surface area contributed by atoms with E-state index in [-0.39, 0.29) is 0 Å². The number of rotatable bonds is 6. The van der Waals surface area contributed by atoms with Gasteiger partial charge in [-0.3, -0.25) is 0 Å². The summed E-state index contributed by atoms with van der Waals surface area (Å²) in [6, 6.07) is 9.03. The molecule has 0 aliphatic rings. The molecule has 0 fully saturated rings. The van der Waals surface area contributed by atoms with Gasteiger partial charge in [-0.15, -0.1) is 0 Å². The fourth-order valence-electron chi connectivity index (χ4n) is 2.19. The van der Waals surface area contributed by atoms with E-state index in [9.17, 15) is 0 Å². The van der Waals surface area contributed by atoms with Gasteiger partial charge in [0.25, 0.3) is 0 Å². The predicted molar refractivity (Wildman–Crippen MR) is 82.2 cm³/mol. The molecule has 1 unspecified atom stereocenters. The van der Waals surface area contributed by atoms with Crippen LogP contribution in [-0.2, 0) is 19.9 Å². The first-order valence-electron chi connectivity index (χ1n) is 6.57. The number of nitrogens with one attached hydrogen (secondary N) is 1. The summed E-state index contributed by atoms with van der Waals surface area (Å²) in [4.78, 5) is 4.37. The highest BCUT2D eigenvalue weighted by Crippen LogP contribution is 2.13. The number of aryl methyl sites for hydroxylation is 2. The molecule has 19 heavy (non-hydrogen) atoms. The van der Waals surface area contributed by atoms with Crippen molar-refractivity contribution in [1.82, 2.24) is 14.9 Å². The van der Waals surface area contributed by atoms with Gasteiger partial charge in [-0.1, -0.05) is 28.1 Å². The summed E-state index contributed by atoms with van der Waals surface area (Å²) in [5.41, 5.74) is 1.36. The van der Waals surface area contributed by atoms with Crippen LogP contribution in [0.5, 0.6) is 0 Å².